The van der Waals surface area contributed by atoms with Crippen LogP contribution >= 0.6 is 0 Å². The molecule has 2 aromatic carbocycles. The van der Waals surface area contributed by atoms with E-state index in [0.717, 1.165) is 11.8 Å². The fourth-order valence-corrected chi connectivity index (χ4v) is 2.30. The van der Waals surface area contributed by atoms with Gasteiger partial charge >= 0.3 is 5.97 Å². The molecule has 1 aromatic heterocycles. The van der Waals surface area contributed by atoms with Gasteiger partial charge in [0.15, 0.2) is 11.5 Å². The molecule has 0 unspecified atom stereocenters. The number of methoxy groups -OCH3 is 1. The van der Waals surface area contributed by atoms with Crippen LogP contribution in [0.3, 0.4) is 0 Å². The Balaban J connectivity index is 1.70. The third-order valence-electron chi connectivity index (χ3n) is 3.54. The van der Waals surface area contributed by atoms with Crippen molar-refractivity contribution in [3.63, 3.8) is 0 Å². The molecule has 26 heavy (non-hydrogen) atoms. The van der Waals surface area contributed by atoms with Crippen molar-refractivity contribution in [2.75, 3.05) is 7.11 Å². The van der Waals surface area contributed by atoms with Crippen LogP contribution in [0.5, 0.6) is 11.5 Å². The van der Waals surface area contributed by atoms with Crippen molar-refractivity contribution in [3.8, 4) is 17.2 Å². The third-order valence-corrected chi connectivity index (χ3v) is 3.54. The highest BCUT2D eigenvalue weighted by molar-refractivity contribution is 5.85. The highest BCUT2D eigenvalue weighted by Gasteiger charge is 2.08. The lowest BCUT2D eigenvalue weighted by Gasteiger charge is -2.10. The summed E-state index contributed by atoms with van der Waals surface area (Å²) in [5, 5.41) is 16.9. The maximum absolute atomic E-state index is 10.6. The Labute approximate surface area is 150 Å². The Hall–Kier alpha value is -3.61. The predicted molar refractivity (Wildman–Crippen MR) is 95.4 cm³/mol. The Bertz CT molecular complexity index is 920. The van der Waals surface area contributed by atoms with Crippen LogP contribution in [0.2, 0.25) is 0 Å². The molecular weight excluding hydrogens is 334 g/mol. The van der Waals surface area contributed by atoms with Crippen LogP contribution in [0, 0.1) is 0 Å². The van der Waals surface area contributed by atoms with Crippen LogP contribution in [0.15, 0.2) is 60.8 Å². The van der Waals surface area contributed by atoms with Gasteiger partial charge in [-0.15, -0.1) is 5.10 Å². The molecule has 132 valence electrons. The normalized spacial score (nSPS) is 10.8. The van der Waals surface area contributed by atoms with E-state index in [2.05, 4.69) is 10.3 Å². The first-order valence-electron chi connectivity index (χ1n) is 7.84. The minimum Gasteiger partial charge on any atom is -0.493 e. The summed E-state index contributed by atoms with van der Waals surface area (Å²) < 4.78 is 12.7. The van der Waals surface area contributed by atoms with Crippen molar-refractivity contribution >= 4 is 12.0 Å². The van der Waals surface area contributed by atoms with Crippen molar-refractivity contribution in [2.24, 2.45) is 0 Å². The molecule has 0 amide bonds. The molecule has 3 rings (SSSR count). The van der Waals surface area contributed by atoms with Gasteiger partial charge in [0.1, 0.15) is 12.3 Å². The molecule has 7 heteroatoms. The van der Waals surface area contributed by atoms with Crippen LogP contribution in [-0.2, 0) is 11.4 Å². The van der Waals surface area contributed by atoms with Gasteiger partial charge in [0.25, 0.3) is 0 Å². The fraction of sp³-hybridized carbons (Fsp3) is 0.105. The minimum atomic E-state index is -1.01. The summed E-state index contributed by atoms with van der Waals surface area (Å²) in [5.41, 5.74) is 2.29. The number of carboxylic acids is 1. The number of aliphatic carboxylic acids is 1. The average Bonchev–Trinajstić information content (AvgIpc) is 3.14. The number of aromatic nitrogens is 3. The lowest BCUT2D eigenvalue weighted by atomic mass is 10.2. The van der Waals surface area contributed by atoms with Gasteiger partial charge in [-0.2, -0.15) is 0 Å². The van der Waals surface area contributed by atoms with Gasteiger partial charge in [0, 0.05) is 6.08 Å². The summed E-state index contributed by atoms with van der Waals surface area (Å²) in [7, 11) is 1.53. The maximum atomic E-state index is 10.6. The summed E-state index contributed by atoms with van der Waals surface area (Å²) in [4.78, 5) is 10.6. The van der Waals surface area contributed by atoms with Crippen LogP contribution in [0.4, 0.5) is 0 Å². The molecule has 0 saturated carbocycles. The van der Waals surface area contributed by atoms with Crippen molar-refractivity contribution in [1.82, 2.24) is 15.0 Å². The standard InChI is InChI=1S/C19H17N3O4/c1-25-18-11-14(8-10-19(23)24)7-9-17(18)26-13-15-12-22(21-20-15)16-5-3-2-4-6-16/h2-12H,13H2,1H3,(H,23,24)/b10-8+. The Morgan fingerprint density at radius 3 is 2.73 bits per heavy atom. The summed E-state index contributed by atoms with van der Waals surface area (Å²) in [5.74, 6) is 0.0352. The smallest absolute Gasteiger partial charge is 0.328 e. The molecule has 1 N–H and O–H groups in total. The second kappa shape index (κ2) is 7.98. The number of carboxylic acid groups (broad SMARTS) is 1. The molecule has 1 heterocycles. The fourth-order valence-electron chi connectivity index (χ4n) is 2.30. The first-order chi connectivity index (χ1) is 12.7. The van der Waals surface area contributed by atoms with E-state index in [0.29, 0.717) is 22.8 Å². The quantitative estimate of drug-likeness (QED) is 0.659. The van der Waals surface area contributed by atoms with Crippen LogP contribution in [-0.4, -0.2) is 33.2 Å². The molecular formula is C19H17N3O4. The highest BCUT2D eigenvalue weighted by Crippen LogP contribution is 2.29. The first-order valence-corrected chi connectivity index (χ1v) is 7.84. The van der Waals surface area contributed by atoms with Gasteiger partial charge in [-0.3, -0.25) is 0 Å². The lowest BCUT2D eigenvalue weighted by Crippen LogP contribution is -1.98. The second-order valence-electron chi connectivity index (χ2n) is 5.36. The summed E-state index contributed by atoms with van der Waals surface area (Å²) in [6.07, 6.45) is 4.35. The van der Waals surface area contributed by atoms with Gasteiger partial charge in [0.05, 0.1) is 19.0 Å². The number of benzene rings is 2. The molecule has 0 aliphatic rings. The van der Waals surface area contributed by atoms with Gasteiger partial charge in [0.2, 0.25) is 0 Å². The zero-order valence-corrected chi connectivity index (χ0v) is 14.1. The van der Waals surface area contributed by atoms with Crippen LogP contribution in [0.1, 0.15) is 11.3 Å². The molecule has 0 bridgehead atoms. The lowest BCUT2D eigenvalue weighted by molar-refractivity contribution is -0.131. The van der Waals surface area contributed by atoms with E-state index in [1.807, 2.05) is 30.3 Å². The number of para-hydroxylation sites is 1. The van der Waals surface area contributed by atoms with E-state index in [1.165, 1.54) is 13.2 Å². The van der Waals surface area contributed by atoms with Gasteiger partial charge in [-0.25, -0.2) is 9.48 Å². The molecule has 0 saturated heterocycles. The topological polar surface area (TPSA) is 86.5 Å². The molecule has 3 aromatic rings. The molecule has 0 radical (unpaired) electrons. The minimum absolute atomic E-state index is 0.230. The Morgan fingerprint density at radius 2 is 2.00 bits per heavy atom. The highest BCUT2D eigenvalue weighted by atomic mass is 16.5. The molecule has 0 spiro atoms. The molecule has 7 nitrogen and oxygen atoms in total. The largest absolute Gasteiger partial charge is 0.493 e. The van der Waals surface area contributed by atoms with Crippen LogP contribution in [0.25, 0.3) is 11.8 Å². The van der Waals surface area contributed by atoms with Crippen molar-refractivity contribution in [3.05, 3.63) is 72.1 Å². The Kier molecular flexibility index (Phi) is 5.28. The molecule has 0 aliphatic carbocycles. The SMILES string of the molecule is COc1cc(/C=C/C(=O)O)ccc1OCc1cn(-c2ccccc2)nn1. The van der Waals surface area contributed by atoms with Crippen molar-refractivity contribution in [2.45, 2.75) is 6.61 Å². The second-order valence-corrected chi connectivity index (χ2v) is 5.36. The number of hydrogen-bond acceptors (Lipinski definition) is 5. The van der Waals surface area contributed by atoms with E-state index >= 15 is 0 Å². The zero-order valence-electron chi connectivity index (χ0n) is 14.1. The van der Waals surface area contributed by atoms with E-state index in [1.54, 1.807) is 29.1 Å². The summed E-state index contributed by atoms with van der Waals surface area (Å²) in [6, 6.07) is 14.8. The molecule has 0 atom stereocenters. The number of hydrogen-bond donors (Lipinski definition) is 1. The first kappa shape index (κ1) is 17.2. The number of carbonyl (C=O) groups is 1. The maximum Gasteiger partial charge on any atom is 0.328 e. The van der Waals surface area contributed by atoms with E-state index < -0.39 is 5.97 Å². The predicted octanol–water partition coefficient (Wildman–Crippen LogP) is 2.95. The molecule has 0 aliphatic heterocycles. The Morgan fingerprint density at radius 1 is 1.19 bits per heavy atom. The van der Waals surface area contributed by atoms with E-state index in [-0.39, 0.29) is 6.61 Å². The third kappa shape index (κ3) is 4.27. The van der Waals surface area contributed by atoms with Crippen LogP contribution < -0.4 is 9.47 Å². The van der Waals surface area contributed by atoms with Crippen molar-refractivity contribution in [1.29, 1.82) is 0 Å². The number of nitrogens with zero attached hydrogens (tertiary/aromatic N) is 3. The van der Waals surface area contributed by atoms with Gasteiger partial charge in [-0.05, 0) is 35.9 Å². The van der Waals surface area contributed by atoms with Gasteiger partial charge in [-0.1, -0.05) is 29.5 Å². The zero-order chi connectivity index (χ0) is 18.4. The van der Waals surface area contributed by atoms with E-state index in [9.17, 15) is 4.79 Å². The summed E-state index contributed by atoms with van der Waals surface area (Å²) >= 11 is 0. The molecule has 0 fully saturated rings. The summed E-state index contributed by atoms with van der Waals surface area (Å²) in [6.45, 7) is 0.230. The number of ether oxygens (including phenoxy) is 2. The van der Waals surface area contributed by atoms with Gasteiger partial charge < -0.3 is 14.6 Å². The monoisotopic (exact) mass is 351 g/mol. The number of rotatable bonds is 7. The van der Waals surface area contributed by atoms with Crippen molar-refractivity contribution < 1.29 is 19.4 Å². The average molecular weight is 351 g/mol. The van der Waals surface area contributed by atoms with E-state index in [4.69, 9.17) is 14.6 Å².